The zero-order chi connectivity index (χ0) is 16.2. The first kappa shape index (κ1) is 14.9. The largest absolute Gasteiger partial charge is 0.369 e. The molecule has 0 aromatic heterocycles. The first-order valence-electron chi connectivity index (χ1n) is 7.39. The van der Waals surface area contributed by atoms with Crippen LogP contribution in [0.3, 0.4) is 0 Å². The molecule has 6 nitrogen and oxygen atoms in total. The highest BCUT2D eigenvalue weighted by molar-refractivity contribution is 5.81. The summed E-state index contributed by atoms with van der Waals surface area (Å²) in [6, 6.07) is 16.7. The van der Waals surface area contributed by atoms with E-state index in [1.807, 2.05) is 12.1 Å². The molecule has 1 heterocycles. The number of hydrogen-bond donors (Lipinski definition) is 2. The van der Waals surface area contributed by atoms with Crippen molar-refractivity contribution in [3.05, 3.63) is 59.7 Å². The molecule has 0 saturated carbocycles. The Balaban J connectivity index is 1.70. The van der Waals surface area contributed by atoms with Gasteiger partial charge in [0, 0.05) is 13.6 Å². The standard InChI is InChI=1S/C17H20N6/c1-22-12-23(16-5-3-2-4-15(16)22)11-14-8-6-13(7-9-14)10-20-21-17(18)19/h2-10H,11-12H2,1H3,(H4,18,19,21)/b20-10+. The first-order valence-corrected chi connectivity index (χ1v) is 7.39. The SMILES string of the molecule is CN1CN(Cc2ccc(/C=N/N=C(N)N)cc2)c2ccccc21. The number of nitrogens with zero attached hydrogens (tertiary/aromatic N) is 4. The van der Waals surface area contributed by atoms with E-state index in [1.165, 1.54) is 16.9 Å². The van der Waals surface area contributed by atoms with Crippen molar-refractivity contribution >= 4 is 23.5 Å². The number of nitrogens with two attached hydrogens (primary N) is 2. The zero-order valence-electron chi connectivity index (χ0n) is 13.1. The number of guanidine groups is 1. The van der Waals surface area contributed by atoms with Crippen molar-refractivity contribution in [2.24, 2.45) is 21.7 Å². The first-order chi connectivity index (χ1) is 11.1. The molecular weight excluding hydrogens is 288 g/mol. The second kappa shape index (κ2) is 6.39. The smallest absolute Gasteiger partial charge is 0.211 e. The van der Waals surface area contributed by atoms with Crippen LogP contribution in [0.2, 0.25) is 0 Å². The Labute approximate surface area is 135 Å². The Morgan fingerprint density at radius 1 is 1.09 bits per heavy atom. The fourth-order valence-corrected chi connectivity index (χ4v) is 2.69. The van der Waals surface area contributed by atoms with Crippen LogP contribution >= 0.6 is 0 Å². The topological polar surface area (TPSA) is 83.2 Å². The molecule has 3 rings (SSSR count). The van der Waals surface area contributed by atoms with Crippen LogP contribution in [0.25, 0.3) is 0 Å². The molecule has 0 saturated heterocycles. The van der Waals surface area contributed by atoms with Crippen molar-refractivity contribution in [1.29, 1.82) is 0 Å². The second-order valence-corrected chi connectivity index (χ2v) is 5.54. The zero-order valence-corrected chi connectivity index (χ0v) is 13.1. The fraction of sp³-hybridized carbons (Fsp3) is 0.176. The Kier molecular flexibility index (Phi) is 4.14. The number of anilines is 2. The summed E-state index contributed by atoms with van der Waals surface area (Å²) in [5.74, 6) is -0.0466. The van der Waals surface area contributed by atoms with Crippen LogP contribution in [-0.2, 0) is 6.54 Å². The van der Waals surface area contributed by atoms with Crippen LogP contribution in [0.5, 0.6) is 0 Å². The summed E-state index contributed by atoms with van der Waals surface area (Å²) in [6.45, 7) is 1.76. The lowest BCUT2D eigenvalue weighted by atomic mass is 10.1. The number of hydrogen-bond acceptors (Lipinski definition) is 4. The molecule has 0 bridgehead atoms. The van der Waals surface area contributed by atoms with Crippen molar-refractivity contribution in [2.75, 3.05) is 23.5 Å². The number of rotatable bonds is 4. The Hall–Kier alpha value is -3.02. The quantitative estimate of drug-likeness (QED) is 0.512. The third-order valence-electron chi connectivity index (χ3n) is 3.75. The van der Waals surface area contributed by atoms with E-state index >= 15 is 0 Å². The molecule has 23 heavy (non-hydrogen) atoms. The molecular formula is C17H20N6. The molecule has 2 aromatic carbocycles. The molecule has 0 fully saturated rings. The lowest BCUT2D eigenvalue weighted by Gasteiger charge is -2.19. The molecule has 0 radical (unpaired) electrons. The summed E-state index contributed by atoms with van der Waals surface area (Å²) < 4.78 is 0. The van der Waals surface area contributed by atoms with E-state index in [9.17, 15) is 0 Å². The van der Waals surface area contributed by atoms with Gasteiger partial charge in [0.1, 0.15) is 0 Å². The summed E-state index contributed by atoms with van der Waals surface area (Å²) >= 11 is 0. The van der Waals surface area contributed by atoms with Crippen LogP contribution in [0.1, 0.15) is 11.1 Å². The molecule has 1 aliphatic heterocycles. The number of benzene rings is 2. The van der Waals surface area contributed by atoms with Crippen molar-refractivity contribution in [2.45, 2.75) is 6.54 Å². The summed E-state index contributed by atoms with van der Waals surface area (Å²) in [5, 5.41) is 7.40. The van der Waals surface area contributed by atoms with Crippen molar-refractivity contribution in [3.63, 3.8) is 0 Å². The van der Waals surface area contributed by atoms with Gasteiger partial charge in [-0.3, -0.25) is 0 Å². The van der Waals surface area contributed by atoms with Crippen LogP contribution in [-0.4, -0.2) is 25.9 Å². The van der Waals surface area contributed by atoms with Crippen molar-refractivity contribution < 1.29 is 0 Å². The van der Waals surface area contributed by atoms with Crippen molar-refractivity contribution in [1.82, 2.24) is 0 Å². The molecule has 2 aromatic rings. The maximum absolute atomic E-state index is 5.23. The molecule has 0 aliphatic carbocycles. The minimum atomic E-state index is -0.0466. The van der Waals surface area contributed by atoms with Gasteiger partial charge in [-0.2, -0.15) is 5.10 Å². The van der Waals surface area contributed by atoms with E-state index in [1.54, 1.807) is 6.21 Å². The van der Waals surface area contributed by atoms with Crippen LogP contribution in [0.15, 0.2) is 58.7 Å². The van der Waals surface area contributed by atoms with E-state index in [0.29, 0.717) is 0 Å². The van der Waals surface area contributed by atoms with Gasteiger partial charge in [-0.25, -0.2) is 0 Å². The monoisotopic (exact) mass is 308 g/mol. The molecule has 0 amide bonds. The third kappa shape index (κ3) is 3.42. The predicted molar refractivity (Wildman–Crippen MR) is 95.7 cm³/mol. The fourth-order valence-electron chi connectivity index (χ4n) is 2.69. The average molecular weight is 308 g/mol. The van der Waals surface area contributed by atoms with Gasteiger partial charge < -0.3 is 21.3 Å². The highest BCUT2D eigenvalue weighted by atomic mass is 15.4. The van der Waals surface area contributed by atoms with E-state index in [0.717, 1.165) is 18.8 Å². The van der Waals surface area contributed by atoms with Gasteiger partial charge in [-0.15, -0.1) is 5.10 Å². The van der Waals surface area contributed by atoms with Crippen molar-refractivity contribution in [3.8, 4) is 0 Å². The minimum Gasteiger partial charge on any atom is -0.369 e. The highest BCUT2D eigenvalue weighted by Gasteiger charge is 2.22. The van der Waals surface area contributed by atoms with Gasteiger partial charge in [0.25, 0.3) is 0 Å². The van der Waals surface area contributed by atoms with E-state index < -0.39 is 0 Å². The van der Waals surface area contributed by atoms with Gasteiger partial charge in [0.2, 0.25) is 5.96 Å². The lowest BCUT2D eigenvalue weighted by Crippen LogP contribution is -2.27. The molecule has 1 aliphatic rings. The normalized spacial score (nSPS) is 13.4. The highest BCUT2D eigenvalue weighted by Crippen LogP contribution is 2.35. The van der Waals surface area contributed by atoms with Crippen LogP contribution in [0.4, 0.5) is 11.4 Å². The average Bonchev–Trinajstić information content (AvgIpc) is 2.85. The summed E-state index contributed by atoms with van der Waals surface area (Å²) in [6.07, 6.45) is 1.63. The summed E-state index contributed by atoms with van der Waals surface area (Å²) in [7, 11) is 2.11. The Bertz CT molecular complexity index is 731. The summed E-state index contributed by atoms with van der Waals surface area (Å²) in [4.78, 5) is 4.61. The van der Waals surface area contributed by atoms with E-state index in [4.69, 9.17) is 11.5 Å². The number of fused-ring (bicyclic) bond motifs is 1. The molecule has 0 atom stereocenters. The molecule has 6 heteroatoms. The molecule has 118 valence electrons. The van der Waals surface area contributed by atoms with E-state index in [2.05, 4.69) is 63.4 Å². The maximum atomic E-state index is 5.23. The maximum Gasteiger partial charge on any atom is 0.211 e. The van der Waals surface area contributed by atoms with Gasteiger partial charge in [0.05, 0.1) is 24.3 Å². The minimum absolute atomic E-state index is 0.0466. The van der Waals surface area contributed by atoms with Gasteiger partial charge in [-0.1, -0.05) is 36.4 Å². The second-order valence-electron chi connectivity index (χ2n) is 5.54. The van der Waals surface area contributed by atoms with Gasteiger partial charge >= 0.3 is 0 Å². The predicted octanol–water partition coefficient (Wildman–Crippen LogP) is 1.71. The van der Waals surface area contributed by atoms with Crippen LogP contribution < -0.4 is 21.3 Å². The Morgan fingerprint density at radius 2 is 1.78 bits per heavy atom. The Morgan fingerprint density at radius 3 is 2.48 bits per heavy atom. The summed E-state index contributed by atoms with van der Waals surface area (Å²) in [5.41, 5.74) is 15.2. The van der Waals surface area contributed by atoms with Gasteiger partial charge in [-0.05, 0) is 23.3 Å². The molecule has 0 unspecified atom stereocenters. The van der Waals surface area contributed by atoms with E-state index in [-0.39, 0.29) is 5.96 Å². The van der Waals surface area contributed by atoms with Crippen LogP contribution in [0, 0.1) is 0 Å². The number of para-hydroxylation sites is 2. The molecule has 4 N–H and O–H groups in total. The molecule has 0 spiro atoms. The lowest BCUT2D eigenvalue weighted by molar-refractivity contribution is 0.816. The third-order valence-corrected chi connectivity index (χ3v) is 3.75. The van der Waals surface area contributed by atoms with Gasteiger partial charge in [0.15, 0.2) is 0 Å².